The molecule has 0 aliphatic heterocycles. The molecule has 3 atom stereocenters. The molecule has 0 saturated heterocycles. The molecule has 29 heavy (non-hydrogen) atoms. The minimum absolute atomic E-state index is 0. The first-order valence-corrected chi connectivity index (χ1v) is 12.1. The van der Waals surface area contributed by atoms with Crippen LogP contribution >= 0.6 is 7.82 Å². The van der Waals surface area contributed by atoms with Gasteiger partial charge in [0.05, 0.1) is 18.8 Å². The van der Waals surface area contributed by atoms with E-state index in [2.05, 4.69) is 16.8 Å². The molecule has 0 fully saturated rings. The molecule has 0 aromatic carbocycles. The number of phosphoric ester groups is 1. The molecule has 0 heterocycles. The standard InChI is InChI=1S/C20H40NO6P.H3N/c1-3-4-5-6-7-8-9-10-11-12-13-14-15-16-20(23)19(21-18(2)22)17-27-28(24,25)26;/h15-16,19-20,23H,3-14,17H2,1-2H3,(H,21,22)(H2,24,25,26);1H3/b16-15+;. The summed E-state index contributed by atoms with van der Waals surface area (Å²) in [5.41, 5.74) is 0. The fourth-order valence-corrected chi connectivity index (χ4v) is 3.31. The predicted molar refractivity (Wildman–Crippen MR) is 116 cm³/mol. The lowest BCUT2D eigenvalue weighted by Gasteiger charge is -2.24. The smallest absolute Gasteiger partial charge is 0.265 e. The Hall–Kier alpha value is -0.760. The predicted octanol–water partition coefficient (Wildman–Crippen LogP) is 3.96. The lowest BCUT2D eigenvalue weighted by atomic mass is 10.0. The third-order valence-corrected chi connectivity index (χ3v) is 5.00. The summed E-state index contributed by atoms with van der Waals surface area (Å²) in [6, 6.07) is -0.944. The second-order valence-electron chi connectivity index (χ2n) is 7.31. The second-order valence-corrected chi connectivity index (χ2v) is 8.51. The van der Waals surface area contributed by atoms with Crippen molar-refractivity contribution in [1.29, 1.82) is 0 Å². The third-order valence-electron chi connectivity index (χ3n) is 4.53. The number of aliphatic hydroxyl groups excluding tert-OH is 1. The number of hydrogen-bond acceptors (Lipinski definition) is 5. The van der Waals surface area contributed by atoms with Crippen LogP contribution in [0.3, 0.4) is 0 Å². The number of allylic oxidation sites excluding steroid dienone is 1. The quantitative estimate of drug-likeness (QED) is 0.144. The molecule has 0 saturated carbocycles. The third kappa shape index (κ3) is 21.8. The van der Waals surface area contributed by atoms with Gasteiger partial charge in [-0.15, -0.1) is 0 Å². The van der Waals surface area contributed by atoms with E-state index in [4.69, 9.17) is 4.89 Å². The Labute approximate surface area is 176 Å². The van der Waals surface area contributed by atoms with Crippen molar-refractivity contribution in [1.82, 2.24) is 11.5 Å². The van der Waals surface area contributed by atoms with Gasteiger partial charge in [0.2, 0.25) is 5.91 Å². The van der Waals surface area contributed by atoms with E-state index < -0.39 is 32.5 Å². The molecule has 7 N–H and O–H groups in total. The fraction of sp³-hybridized carbons (Fsp3) is 0.850. The zero-order valence-electron chi connectivity index (χ0n) is 18.5. The zero-order chi connectivity index (χ0) is 21.3. The molecule has 0 spiro atoms. The maximum absolute atomic E-state index is 11.2. The van der Waals surface area contributed by atoms with Crippen molar-refractivity contribution in [3.63, 3.8) is 0 Å². The Morgan fingerprint density at radius 2 is 1.55 bits per heavy atom. The van der Waals surface area contributed by atoms with Crippen LogP contribution in [0.15, 0.2) is 12.2 Å². The van der Waals surface area contributed by atoms with E-state index in [1.54, 1.807) is 0 Å². The molecule has 0 aliphatic rings. The van der Waals surface area contributed by atoms with Gasteiger partial charge < -0.3 is 30.9 Å². The van der Waals surface area contributed by atoms with Crippen molar-refractivity contribution in [2.24, 2.45) is 0 Å². The summed E-state index contributed by atoms with van der Waals surface area (Å²) in [6.45, 7) is 2.96. The van der Waals surface area contributed by atoms with E-state index in [0.29, 0.717) is 0 Å². The minimum Gasteiger partial charge on any atom is -0.756 e. The molecule has 0 aromatic rings. The maximum Gasteiger partial charge on any atom is 0.265 e. The Morgan fingerprint density at radius 1 is 1.07 bits per heavy atom. The summed E-state index contributed by atoms with van der Waals surface area (Å²) in [6.07, 6.45) is 17.0. The van der Waals surface area contributed by atoms with Gasteiger partial charge >= 0.3 is 0 Å². The van der Waals surface area contributed by atoms with Crippen LogP contribution in [0, 0.1) is 0 Å². The highest BCUT2D eigenvalue weighted by atomic mass is 31.2. The average Bonchev–Trinajstić information content (AvgIpc) is 2.61. The summed E-state index contributed by atoms with van der Waals surface area (Å²) in [5, 5.41) is 12.5. The number of unbranched alkanes of at least 4 members (excludes halogenated alkanes) is 11. The van der Waals surface area contributed by atoms with E-state index in [0.717, 1.165) is 19.3 Å². The van der Waals surface area contributed by atoms with Crippen LogP contribution < -0.4 is 16.4 Å². The molecule has 3 unspecified atom stereocenters. The largest absolute Gasteiger partial charge is 0.756 e. The molecule has 174 valence electrons. The second kappa shape index (κ2) is 19.2. The number of quaternary nitrogens is 1. The van der Waals surface area contributed by atoms with E-state index in [1.807, 2.05) is 6.08 Å². The first-order valence-electron chi connectivity index (χ1n) is 10.6. The fourth-order valence-electron chi connectivity index (χ4n) is 2.96. The number of rotatable bonds is 18. The van der Waals surface area contributed by atoms with Crippen molar-refractivity contribution >= 4 is 13.7 Å². The van der Waals surface area contributed by atoms with Gasteiger partial charge in [0, 0.05) is 6.92 Å². The molecule has 9 heteroatoms. The van der Waals surface area contributed by atoms with E-state index in [1.165, 1.54) is 70.8 Å². The van der Waals surface area contributed by atoms with E-state index in [-0.39, 0.29) is 6.15 Å². The van der Waals surface area contributed by atoms with Crippen LogP contribution in [0.4, 0.5) is 0 Å². The maximum atomic E-state index is 11.2. The number of phosphoric acid groups is 1. The van der Waals surface area contributed by atoms with Crippen LogP contribution in [-0.2, 0) is 13.9 Å². The van der Waals surface area contributed by atoms with Crippen molar-refractivity contribution < 1.29 is 28.8 Å². The highest BCUT2D eigenvalue weighted by Crippen LogP contribution is 2.30. The molecule has 0 aliphatic carbocycles. The zero-order valence-corrected chi connectivity index (χ0v) is 19.4. The van der Waals surface area contributed by atoms with Gasteiger partial charge in [0.25, 0.3) is 7.82 Å². The SMILES string of the molecule is CCCCCCCCCCCCC/C=C/C(O)C(COP(=O)([O-])O)NC(C)=O.[NH4+]. The summed E-state index contributed by atoms with van der Waals surface area (Å²) >= 11 is 0. The molecular weight excluding hydrogens is 395 g/mol. The molecule has 0 radical (unpaired) electrons. The van der Waals surface area contributed by atoms with Gasteiger partial charge in [-0.25, -0.2) is 0 Å². The monoisotopic (exact) mass is 438 g/mol. The van der Waals surface area contributed by atoms with Gasteiger partial charge in [-0.2, -0.15) is 0 Å². The molecule has 8 nitrogen and oxygen atoms in total. The van der Waals surface area contributed by atoms with Gasteiger partial charge in [-0.3, -0.25) is 9.36 Å². The molecule has 0 rings (SSSR count). The van der Waals surface area contributed by atoms with Crippen molar-refractivity contribution in [2.45, 2.75) is 103 Å². The van der Waals surface area contributed by atoms with Crippen LogP contribution in [0.1, 0.15) is 90.9 Å². The molecule has 0 aromatic heterocycles. The Morgan fingerprint density at radius 3 is 2.00 bits per heavy atom. The van der Waals surface area contributed by atoms with E-state index in [9.17, 15) is 19.4 Å². The number of carbonyl (C=O) groups excluding carboxylic acids is 1. The molecular formula is C20H43N2O6P. The van der Waals surface area contributed by atoms with E-state index >= 15 is 0 Å². The van der Waals surface area contributed by atoms with Gasteiger partial charge in [0.15, 0.2) is 0 Å². The van der Waals surface area contributed by atoms with Gasteiger partial charge in [-0.05, 0) is 12.8 Å². The number of nitrogens with one attached hydrogen (secondary N) is 1. The average molecular weight is 439 g/mol. The first kappa shape index (κ1) is 30.4. The highest BCUT2D eigenvalue weighted by Gasteiger charge is 2.20. The van der Waals surface area contributed by atoms with Crippen molar-refractivity contribution in [3.8, 4) is 0 Å². The summed E-state index contributed by atoms with van der Waals surface area (Å²) in [7, 11) is -4.90. The number of hydrogen-bond donors (Lipinski definition) is 4. The van der Waals surface area contributed by atoms with Gasteiger partial charge in [0.1, 0.15) is 0 Å². The van der Waals surface area contributed by atoms with Crippen LogP contribution in [0.5, 0.6) is 0 Å². The normalized spacial score (nSPS) is 15.5. The molecule has 1 amide bonds. The minimum atomic E-state index is -4.90. The Kier molecular flexibility index (Phi) is 20.2. The Bertz CT molecular complexity index is 470. The lowest BCUT2D eigenvalue weighted by molar-refractivity contribution is -0.220. The topological polar surface area (TPSA) is 155 Å². The number of carbonyl (C=O) groups is 1. The van der Waals surface area contributed by atoms with Crippen LogP contribution in [0.25, 0.3) is 0 Å². The number of amides is 1. The van der Waals surface area contributed by atoms with Crippen LogP contribution in [-0.4, -0.2) is 34.7 Å². The Balaban J connectivity index is 0. The highest BCUT2D eigenvalue weighted by molar-refractivity contribution is 7.44. The van der Waals surface area contributed by atoms with Crippen LogP contribution in [0.2, 0.25) is 0 Å². The van der Waals surface area contributed by atoms with Crippen molar-refractivity contribution in [3.05, 3.63) is 12.2 Å². The van der Waals surface area contributed by atoms with Crippen molar-refractivity contribution in [2.75, 3.05) is 6.61 Å². The summed E-state index contributed by atoms with van der Waals surface area (Å²) < 4.78 is 15.0. The number of aliphatic hydroxyl groups is 1. The summed E-state index contributed by atoms with van der Waals surface area (Å²) in [4.78, 5) is 30.5. The van der Waals surface area contributed by atoms with Gasteiger partial charge in [-0.1, -0.05) is 83.3 Å². The summed E-state index contributed by atoms with van der Waals surface area (Å²) in [5.74, 6) is -0.426. The lowest BCUT2D eigenvalue weighted by Crippen LogP contribution is -2.44. The first-order chi connectivity index (χ1) is 13.3. The molecule has 0 bridgehead atoms.